The van der Waals surface area contributed by atoms with Crippen LogP contribution in [-0.4, -0.2) is 48.4 Å². The Morgan fingerprint density at radius 2 is 1.43 bits per heavy atom. The van der Waals surface area contributed by atoms with E-state index in [9.17, 15) is 19.2 Å². The first-order valence-electron chi connectivity index (χ1n) is 14.1. The summed E-state index contributed by atoms with van der Waals surface area (Å²) in [4.78, 5) is 49.3. The zero-order valence-corrected chi connectivity index (χ0v) is 25.2. The van der Waals surface area contributed by atoms with Gasteiger partial charge in [0.25, 0.3) is 0 Å². The Morgan fingerprint density at radius 3 is 1.95 bits per heavy atom. The van der Waals surface area contributed by atoms with Gasteiger partial charge < -0.3 is 29.4 Å². The van der Waals surface area contributed by atoms with Crippen LogP contribution in [0.4, 0.5) is 4.79 Å². The van der Waals surface area contributed by atoms with Gasteiger partial charge >= 0.3 is 24.1 Å². The normalized spacial score (nSPS) is 14.3. The Balaban J connectivity index is 2.87. The van der Waals surface area contributed by atoms with Crippen LogP contribution in [0.5, 0.6) is 11.5 Å². The molecule has 0 radical (unpaired) electrons. The molecule has 0 amide bonds. The number of hydrogen-bond acceptors (Lipinski definition) is 10. The summed E-state index contributed by atoms with van der Waals surface area (Å²) in [5, 5.41) is 0. The number of rotatable bonds is 16. The second kappa shape index (κ2) is 16.8. The summed E-state index contributed by atoms with van der Waals surface area (Å²) >= 11 is 0. The Bertz CT molecular complexity index is 991. The first-order chi connectivity index (χ1) is 18.7. The van der Waals surface area contributed by atoms with Crippen molar-refractivity contribution >= 4 is 24.1 Å². The lowest BCUT2D eigenvalue weighted by Gasteiger charge is -2.23. The molecule has 0 spiro atoms. The SMILES string of the molecule is CCC(C)CC(=O)Oc1ccc(C[C@H](N)C(=O)O[C@@H](C)COC(=O)OC(C)(C)CC)cc1OC(=O)CC(C)CC. The summed E-state index contributed by atoms with van der Waals surface area (Å²) < 4.78 is 26.6. The zero-order valence-electron chi connectivity index (χ0n) is 25.2. The molecule has 0 fully saturated rings. The molecule has 0 aliphatic rings. The van der Waals surface area contributed by atoms with E-state index in [-0.39, 0.29) is 49.2 Å². The molecule has 2 unspecified atom stereocenters. The molecule has 2 N–H and O–H groups in total. The van der Waals surface area contributed by atoms with Crippen LogP contribution in [0.25, 0.3) is 0 Å². The highest BCUT2D eigenvalue weighted by Crippen LogP contribution is 2.31. The molecule has 1 aromatic carbocycles. The summed E-state index contributed by atoms with van der Waals surface area (Å²) in [5.74, 6) is -1.11. The standard InChI is InChI=1S/C30H47NO9/c1-9-19(4)14-26(32)38-24-13-12-22(17-25(24)39-27(33)15-20(5)10-2)16-23(31)28(34)37-21(6)18-36-29(35)40-30(7,8)11-3/h12-13,17,19-21,23H,9-11,14-16,18,31H2,1-8H3/t19?,20?,21-,23-/m0/s1. The second-order valence-electron chi connectivity index (χ2n) is 11.0. The average molecular weight is 566 g/mol. The summed E-state index contributed by atoms with van der Waals surface area (Å²) in [6.45, 7) is 14.6. The van der Waals surface area contributed by atoms with Crippen LogP contribution in [0, 0.1) is 11.8 Å². The van der Waals surface area contributed by atoms with Crippen molar-refractivity contribution in [3.05, 3.63) is 23.8 Å². The van der Waals surface area contributed by atoms with E-state index in [4.69, 9.17) is 29.4 Å². The van der Waals surface area contributed by atoms with E-state index in [1.807, 2.05) is 34.6 Å². The van der Waals surface area contributed by atoms with E-state index in [2.05, 4.69) is 0 Å². The van der Waals surface area contributed by atoms with E-state index in [1.165, 1.54) is 12.1 Å². The molecule has 4 atom stereocenters. The average Bonchev–Trinajstić information content (AvgIpc) is 2.88. The third kappa shape index (κ3) is 13.3. The number of carbonyl (C=O) groups is 4. The first kappa shape index (κ1) is 34.9. The van der Waals surface area contributed by atoms with Gasteiger partial charge in [-0.05, 0) is 63.1 Å². The van der Waals surface area contributed by atoms with Crippen LogP contribution in [-0.2, 0) is 35.0 Å². The number of carbonyl (C=O) groups excluding carboxylic acids is 4. The minimum Gasteiger partial charge on any atom is -0.458 e. The number of esters is 3. The summed E-state index contributed by atoms with van der Waals surface area (Å²) in [6.07, 6.45) is 1.15. The lowest BCUT2D eigenvalue weighted by molar-refractivity contribution is -0.152. The van der Waals surface area contributed by atoms with Gasteiger partial charge in [0.2, 0.25) is 0 Å². The van der Waals surface area contributed by atoms with Crippen molar-refractivity contribution in [2.24, 2.45) is 17.6 Å². The van der Waals surface area contributed by atoms with Crippen molar-refractivity contribution in [2.45, 2.75) is 112 Å². The third-order valence-electron chi connectivity index (χ3n) is 6.60. The molecular weight excluding hydrogens is 518 g/mol. The monoisotopic (exact) mass is 565 g/mol. The van der Waals surface area contributed by atoms with E-state index in [1.54, 1.807) is 26.8 Å². The molecule has 0 bridgehead atoms. The van der Waals surface area contributed by atoms with Crippen molar-refractivity contribution in [3.8, 4) is 11.5 Å². The molecule has 0 saturated carbocycles. The molecule has 0 aliphatic carbocycles. The predicted molar refractivity (Wildman–Crippen MR) is 150 cm³/mol. The van der Waals surface area contributed by atoms with Crippen molar-refractivity contribution in [2.75, 3.05) is 6.61 Å². The largest absolute Gasteiger partial charge is 0.508 e. The predicted octanol–water partition coefficient (Wildman–Crippen LogP) is 5.51. The molecule has 10 heteroatoms. The van der Waals surface area contributed by atoms with E-state index >= 15 is 0 Å². The minimum atomic E-state index is -1.05. The maximum absolute atomic E-state index is 12.6. The first-order valence-corrected chi connectivity index (χ1v) is 14.1. The maximum atomic E-state index is 12.6. The Morgan fingerprint density at radius 1 is 0.875 bits per heavy atom. The minimum absolute atomic E-state index is 0.0656. The number of nitrogens with two attached hydrogens (primary N) is 1. The second-order valence-corrected chi connectivity index (χ2v) is 11.0. The molecule has 0 aromatic heterocycles. The molecule has 1 aromatic rings. The number of benzene rings is 1. The Hall–Kier alpha value is -3.14. The highest BCUT2D eigenvalue weighted by atomic mass is 16.7. The molecule has 226 valence electrons. The molecule has 0 heterocycles. The zero-order chi connectivity index (χ0) is 30.5. The van der Waals surface area contributed by atoms with E-state index in [0.29, 0.717) is 12.0 Å². The number of hydrogen-bond donors (Lipinski definition) is 1. The van der Waals surface area contributed by atoms with Gasteiger partial charge in [0, 0.05) is 12.8 Å². The number of ether oxygens (including phenoxy) is 5. The van der Waals surface area contributed by atoms with Crippen molar-refractivity contribution in [1.29, 1.82) is 0 Å². The fraction of sp³-hybridized carbons (Fsp3) is 0.667. The molecule has 0 saturated heterocycles. The Kier molecular flexibility index (Phi) is 14.7. The van der Waals surface area contributed by atoms with Crippen LogP contribution in [0.1, 0.15) is 93.1 Å². The van der Waals surface area contributed by atoms with Gasteiger partial charge in [-0.15, -0.1) is 0 Å². The lowest BCUT2D eigenvalue weighted by Crippen LogP contribution is -2.37. The van der Waals surface area contributed by atoms with Gasteiger partial charge in [0.1, 0.15) is 24.4 Å². The molecular formula is C30H47NO9. The third-order valence-corrected chi connectivity index (χ3v) is 6.60. The Labute approximate surface area is 238 Å². The van der Waals surface area contributed by atoms with Crippen LogP contribution >= 0.6 is 0 Å². The molecule has 40 heavy (non-hydrogen) atoms. The summed E-state index contributed by atoms with van der Waals surface area (Å²) in [5.41, 5.74) is 5.99. The summed E-state index contributed by atoms with van der Waals surface area (Å²) in [7, 11) is 0. The van der Waals surface area contributed by atoms with Gasteiger partial charge in [-0.25, -0.2) is 4.79 Å². The fourth-order valence-electron chi connectivity index (χ4n) is 3.20. The van der Waals surface area contributed by atoms with Crippen molar-refractivity contribution in [3.63, 3.8) is 0 Å². The molecule has 0 aliphatic heterocycles. The van der Waals surface area contributed by atoms with E-state index in [0.717, 1.165) is 12.8 Å². The highest BCUT2D eigenvalue weighted by Gasteiger charge is 2.24. The smallest absolute Gasteiger partial charge is 0.458 e. The molecule has 10 nitrogen and oxygen atoms in total. The lowest BCUT2D eigenvalue weighted by atomic mass is 10.0. The maximum Gasteiger partial charge on any atom is 0.508 e. The van der Waals surface area contributed by atoms with Crippen LogP contribution in [0.15, 0.2) is 18.2 Å². The van der Waals surface area contributed by atoms with Crippen LogP contribution < -0.4 is 15.2 Å². The van der Waals surface area contributed by atoms with Gasteiger partial charge in [-0.3, -0.25) is 14.4 Å². The van der Waals surface area contributed by atoms with E-state index < -0.39 is 41.8 Å². The van der Waals surface area contributed by atoms with Gasteiger partial charge in [-0.2, -0.15) is 0 Å². The fourth-order valence-corrected chi connectivity index (χ4v) is 3.20. The molecule has 1 rings (SSSR count). The van der Waals surface area contributed by atoms with Gasteiger partial charge in [-0.1, -0.05) is 53.5 Å². The van der Waals surface area contributed by atoms with Gasteiger partial charge in [0.05, 0.1) is 0 Å². The quantitative estimate of drug-likeness (QED) is 0.201. The summed E-state index contributed by atoms with van der Waals surface area (Å²) in [6, 6.07) is 3.65. The van der Waals surface area contributed by atoms with Crippen LogP contribution in [0.2, 0.25) is 0 Å². The van der Waals surface area contributed by atoms with Gasteiger partial charge in [0.15, 0.2) is 11.5 Å². The van der Waals surface area contributed by atoms with Crippen molar-refractivity contribution < 1.29 is 42.9 Å². The highest BCUT2D eigenvalue weighted by molar-refractivity contribution is 5.77. The topological polar surface area (TPSA) is 140 Å². The van der Waals surface area contributed by atoms with Crippen LogP contribution in [0.3, 0.4) is 0 Å². The van der Waals surface area contributed by atoms with Crippen molar-refractivity contribution in [1.82, 2.24) is 0 Å².